The number of aliphatic hydroxyl groups excluding tert-OH is 2. The van der Waals surface area contributed by atoms with Gasteiger partial charge in [-0.05, 0) is 37.0 Å². The summed E-state index contributed by atoms with van der Waals surface area (Å²) in [7, 11) is 1.61. The molecule has 13 heteroatoms. The van der Waals surface area contributed by atoms with E-state index in [1.165, 1.54) is 0 Å². The van der Waals surface area contributed by atoms with E-state index in [0.717, 1.165) is 30.4 Å². The van der Waals surface area contributed by atoms with E-state index in [1.54, 1.807) is 18.0 Å². The lowest BCUT2D eigenvalue weighted by Gasteiger charge is -2.28. The van der Waals surface area contributed by atoms with Crippen LogP contribution >= 0.6 is 0 Å². The van der Waals surface area contributed by atoms with E-state index in [4.69, 9.17) is 9.47 Å². The number of nitrogens with one attached hydrogen (secondary N) is 3. The molecule has 0 spiro atoms. The Morgan fingerprint density at radius 2 is 2.15 bits per heavy atom. The Morgan fingerprint density at radius 3 is 2.87 bits per heavy atom. The lowest BCUT2D eigenvalue weighted by molar-refractivity contribution is -0.0280. The van der Waals surface area contributed by atoms with Gasteiger partial charge in [-0.1, -0.05) is 19.4 Å². The first-order valence-corrected chi connectivity index (χ1v) is 13.2. The van der Waals surface area contributed by atoms with Gasteiger partial charge in [-0.15, -0.1) is 0 Å². The van der Waals surface area contributed by atoms with Crippen molar-refractivity contribution in [1.82, 2.24) is 25.1 Å². The van der Waals surface area contributed by atoms with E-state index in [-0.39, 0.29) is 24.6 Å². The summed E-state index contributed by atoms with van der Waals surface area (Å²) in [5.74, 6) is 1.06. The normalized spacial score (nSPS) is 18.2. The number of hydrogen-bond acceptors (Lipinski definition) is 10. The number of hydrogen-bond donors (Lipinski definition) is 6. The zero-order valence-electron chi connectivity index (χ0n) is 22.3. The van der Waals surface area contributed by atoms with Gasteiger partial charge in [0, 0.05) is 37.4 Å². The molecule has 6 N–H and O–H groups in total. The minimum atomic E-state index is -1.27. The highest BCUT2D eigenvalue weighted by Crippen LogP contribution is 2.27. The van der Waals surface area contributed by atoms with Crippen molar-refractivity contribution in [3.8, 4) is 5.75 Å². The number of nitrogens with zero attached hydrogens (tertiary/aromatic N) is 4. The molecule has 13 nitrogen and oxygen atoms in total. The fourth-order valence-corrected chi connectivity index (χ4v) is 4.79. The molecule has 3 heterocycles. The first-order chi connectivity index (χ1) is 18.9. The molecule has 0 radical (unpaired) electrons. The molecule has 39 heavy (non-hydrogen) atoms. The SMILES string of the molecule is CCC[C@@H](CCO)Nc1nc(NC(=O)O)nc2cnn(Cc3cc(CN[C@H]4CCOC[C@H]4O)ccc3OC)c12. The number of aliphatic hydroxyl groups is 2. The van der Waals surface area contributed by atoms with Gasteiger partial charge in [-0.25, -0.2) is 9.78 Å². The summed E-state index contributed by atoms with van der Waals surface area (Å²) in [6.07, 6.45) is 2.71. The number of methoxy groups -OCH3 is 1. The summed E-state index contributed by atoms with van der Waals surface area (Å²) in [6, 6.07) is 5.82. The Balaban J connectivity index is 1.64. The Labute approximate surface area is 226 Å². The molecule has 3 atom stereocenters. The molecule has 1 amide bonds. The van der Waals surface area contributed by atoms with Crippen LogP contribution in [0.25, 0.3) is 11.0 Å². The minimum absolute atomic E-state index is 0.00826. The van der Waals surface area contributed by atoms with Crippen LogP contribution < -0.4 is 20.7 Å². The average molecular weight is 544 g/mol. The second-order valence-corrected chi connectivity index (χ2v) is 9.57. The standard InChI is InChI=1S/C26H37N7O6/c1-3-4-18(7-9-34)29-24-23-20(30-25(31-24)32-26(36)37)13-28-33(23)14-17-11-16(5-6-22(17)38-2)12-27-19-8-10-39-15-21(19)35/h5-6,11,13,18-19,21,27,34-35H,3-4,7-10,12,14-15H2,1-2H3,(H,36,37)(H2,29,30,31,32)/t18-,19-,21+/m0/s1. The number of rotatable bonds is 13. The second-order valence-electron chi connectivity index (χ2n) is 9.57. The second kappa shape index (κ2) is 13.5. The third-order valence-corrected chi connectivity index (χ3v) is 6.72. The Bertz CT molecular complexity index is 1250. The number of ether oxygens (including phenoxy) is 2. The van der Waals surface area contributed by atoms with Crippen molar-refractivity contribution in [2.75, 3.05) is 37.6 Å². The third-order valence-electron chi connectivity index (χ3n) is 6.72. The van der Waals surface area contributed by atoms with E-state index in [0.29, 0.717) is 55.3 Å². The molecule has 0 saturated carbocycles. The van der Waals surface area contributed by atoms with Gasteiger partial charge in [0.15, 0.2) is 5.82 Å². The monoisotopic (exact) mass is 543 g/mol. The number of anilines is 2. The third kappa shape index (κ3) is 7.32. The molecule has 1 fully saturated rings. The van der Waals surface area contributed by atoms with E-state index in [1.807, 2.05) is 18.2 Å². The van der Waals surface area contributed by atoms with Gasteiger partial charge < -0.3 is 35.4 Å². The molecule has 0 bridgehead atoms. The Kier molecular flexibility index (Phi) is 9.87. The smallest absolute Gasteiger partial charge is 0.411 e. The fraction of sp³-hybridized carbons (Fsp3) is 0.538. The lowest BCUT2D eigenvalue weighted by atomic mass is 10.0. The van der Waals surface area contributed by atoms with Crippen LogP contribution in [0.1, 0.15) is 43.7 Å². The number of carboxylic acid groups (broad SMARTS) is 1. The highest BCUT2D eigenvalue weighted by molar-refractivity contribution is 5.89. The molecule has 1 aromatic carbocycles. The van der Waals surface area contributed by atoms with Crippen LogP contribution in [-0.4, -0.2) is 86.3 Å². The van der Waals surface area contributed by atoms with Crippen molar-refractivity contribution in [3.05, 3.63) is 35.5 Å². The summed E-state index contributed by atoms with van der Waals surface area (Å²) in [5.41, 5.74) is 2.99. The van der Waals surface area contributed by atoms with Gasteiger partial charge in [-0.2, -0.15) is 10.1 Å². The summed E-state index contributed by atoms with van der Waals surface area (Å²) < 4.78 is 12.7. The summed E-state index contributed by atoms with van der Waals surface area (Å²) in [5, 5.41) is 42.5. The van der Waals surface area contributed by atoms with Crippen molar-refractivity contribution in [2.24, 2.45) is 0 Å². The summed E-state index contributed by atoms with van der Waals surface area (Å²) in [6.45, 7) is 3.93. The van der Waals surface area contributed by atoms with E-state index in [2.05, 4.69) is 37.9 Å². The molecule has 2 aromatic heterocycles. The quantitative estimate of drug-likeness (QED) is 0.186. The van der Waals surface area contributed by atoms with Crippen LogP contribution in [0.2, 0.25) is 0 Å². The van der Waals surface area contributed by atoms with Gasteiger partial charge in [0.05, 0.1) is 32.6 Å². The Morgan fingerprint density at radius 1 is 1.31 bits per heavy atom. The van der Waals surface area contributed by atoms with Crippen molar-refractivity contribution >= 4 is 28.9 Å². The predicted molar refractivity (Wildman–Crippen MR) is 145 cm³/mol. The van der Waals surface area contributed by atoms with Crippen LogP contribution in [-0.2, 0) is 17.8 Å². The van der Waals surface area contributed by atoms with Gasteiger partial charge in [0.25, 0.3) is 0 Å². The molecule has 4 rings (SSSR count). The fourth-order valence-electron chi connectivity index (χ4n) is 4.79. The van der Waals surface area contributed by atoms with Crippen LogP contribution in [0.4, 0.5) is 16.6 Å². The molecular weight excluding hydrogens is 506 g/mol. The molecule has 1 saturated heterocycles. The number of benzene rings is 1. The van der Waals surface area contributed by atoms with E-state index in [9.17, 15) is 20.1 Å². The van der Waals surface area contributed by atoms with Gasteiger partial charge in [-0.3, -0.25) is 10.00 Å². The maximum atomic E-state index is 11.3. The highest BCUT2D eigenvalue weighted by Gasteiger charge is 2.23. The van der Waals surface area contributed by atoms with Gasteiger partial charge >= 0.3 is 6.09 Å². The molecule has 1 aliphatic rings. The van der Waals surface area contributed by atoms with E-state index < -0.39 is 12.2 Å². The van der Waals surface area contributed by atoms with Crippen LogP contribution in [0.3, 0.4) is 0 Å². The number of fused-ring (bicyclic) bond motifs is 1. The predicted octanol–water partition coefficient (Wildman–Crippen LogP) is 2.18. The minimum Gasteiger partial charge on any atom is -0.496 e. The molecule has 212 valence electrons. The lowest BCUT2D eigenvalue weighted by Crippen LogP contribution is -2.46. The molecule has 0 aliphatic carbocycles. The zero-order chi connectivity index (χ0) is 27.8. The highest BCUT2D eigenvalue weighted by atomic mass is 16.5. The van der Waals surface area contributed by atoms with Crippen molar-refractivity contribution in [1.29, 1.82) is 0 Å². The van der Waals surface area contributed by atoms with Gasteiger partial charge in [0.1, 0.15) is 16.8 Å². The maximum Gasteiger partial charge on any atom is 0.411 e. The maximum absolute atomic E-state index is 11.3. The largest absolute Gasteiger partial charge is 0.496 e. The molecule has 1 aliphatic heterocycles. The van der Waals surface area contributed by atoms with Crippen LogP contribution in [0.15, 0.2) is 24.4 Å². The zero-order valence-corrected chi connectivity index (χ0v) is 22.3. The summed E-state index contributed by atoms with van der Waals surface area (Å²) in [4.78, 5) is 20.0. The van der Waals surface area contributed by atoms with Crippen molar-refractivity contribution < 1.29 is 29.6 Å². The molecule has 3 aromatic rings. The Hall–Kier alpha value is -3.52. The first-order valence-electron chi connectivity index (χ1n) is 13.2. The number of carbonyl (C=O) groups is 1. The number of aromatic nitrogens is 4. The summed E-state index contributed by atoms with van der Waals surface area (Å²) >= 11 is 0. The molecule has 0 unspecified atom stereocenters. The van der Waals surface area contributed by atoms with Crippen molar-refractivity contribution in [2.45, 2.75) is 63.9 Å². The molecular formula is C26H37N7O6. The van der Waals surface area contributed by atoms with E-state index >= 15 is 0 Å². The number of amides is 1. The van der Waals surface area contributed by atoms with Crippen LogP contribution in [0, 0.1) is 0 Å². The topological polar surface area (TPSA) is 176 Å². The van der Waals surface area contributed by atoms with Crippen LogP contribution in [0.5, 0.6) is 5.75 Å². The first kappa shape index (κ1) is 28.5. The average Bonchev–Trinajstić information content (AvgIpc) is 3.31. The van der Waals surface area contributed by atoms with Gasteiger partial charge in [0.2, 0.25) is 5.95 Å². The van der Waals surface area contributed by atoms with Crippen molar-refractivity contribution in [3.63, 3.8) is 0 Å².